The molecule has 1 aromatic carbocycles. The number of phenolic OH excluding ortho intramolecular Hbond substituents is 1. The van der Waals surface area contributed by atoms with E-state index in [1.807, 2.05) is 62.5 Å². The number of nitrogens with zero attached hydrogens (tertiary/aromatic N) is 3. The van der Waals surface area contributed by atoms with E-state index < -0.39 is 0 Å². The quantitative estimate of drug-likeness (QED) is 0.575. The van der Waals surface area contributed by atoms with Gasteiger partial charge in [-0.15, -0.1) is 0 Å². The molecule has 0 aliphatic heterocycles. The van der Waals surface area contributed by atoms with E-state index in [2.05, 4.69) is 21.0 Å². The zero-order valence-electron chi connectivity index (χ0n) is 15.4. The van der Waals surface area contributed by atoms with E-state index in [1.54, 1.807) is 12.4 Å². The van der Waals surface area contributed by atoms with Crippen LogP contribution >= 0.6 is 0 Å². The van der Waals surface area contributed by atoms with Crippen LogP contribution in [0.2, 0.25) is 0 Å². The highest BCUT2D eigenvalue weighted by atomic mass is 16.3. The van der Waals surface area contributed by atoms with E-state index in [9.17, 15) is 5.11 Å². The van der Waals surface area contributed by atoms with Crippen molar-refractivity contribution in [2.45, 2.75) is 26.2 Å². The van der Waals surface area contributed by atoms with Gasteiger partial charge in [0.2, 0.25) is 0 Å². The van der Waals surface area contributed by atoms with Crippen molar-refractivity contribution in [3.63, 3.8) is 0 Å². The van der Waals surface area contributed by atoms with Gasteiger partial charge in [0.1, 0.15) is 11.3 Å². The molecular weight excluding hydrogens is 334 g/mol. The minimum atomic E-state index is -0.0543. The van der Waals surface area contributed by atoms with Crippen LogP contribution in [0.25, 0.3) is 10.9 Å². The highest BCUT2D eigenvalue weighted by Gasteiger charge is 2.21. The molecule has 134 valence electrons. The number of rotatable bonds is 4. The summed E-state index contributed by atoms with van der Waals surface area (Å²) in [6.45, 7) is 4.00. The maximum atomic E-state index is 11.1. The lowest BCUT2D eigenvalue weighted by Crippen LogP contribution is -2.07. The second-order valence-corrected chi connectivity index (χ2v) is 6.83. The van der Waals surface area contributed by atoms with Gasteiger partial charge in [0.15, 0.2) is 0 Å². The van der Waals surface area contributed by atoms with Crippen molar-refractivity contribution >= 4 is 10.9 Å². The average molecular weight is 355 g/mol. The van der Waals surface area contributed by atoms with Crippen LogP contribution in [0, 0.1) is 13.8 Å². The van der Waals surface area contributed by atoms with Gasteiger partial charge < -0.3 is 5.11 Å². The standard InChI is InChI=1S/C23H21N3O/c1-15-12-17-8-9-20(23(27)22(17)26-16(15)2)21(18-6-5-10-24-14-18)13-19-7-3-4-11-25-19/h3-12,14,21,27H,13H2,1-2H3. The Bertz CT molecular complexity index is 1080. The maximum absolute atomic E-state index is 11.1. The minimum Gasteiger partial charge on any atom is -0.505 e. The fraction of sp³-hybridized carbons (Fsp3) is 0.174. The Labute approximate surface area is 158 Å². The van der Waals surface area contributed by atoms with E-state index in [0.717, 1.165) is 33.5 Å². The topological polar surface area (TPSA) is 58.9 Å². The number of aromatic hydroxyl groups is 1. The van der Waals surface area contributed by atoms with Crippen molar-refractivity contribution in [3.8, 4) is 5.75 Å². The molecule has 0 spiro atoms. The first-order chi connectivity index (χ1) is 13.1. The zero-order chi connectivity index (χ0) is 18.8. The van der Waals surface area contributed by atoms with Crippen LogP contribution < -0.4 is 0 Å². The molecule has 1 unspecified atom stereocenters. The first kappa shape index (κ1) is 17.2. The van der Waals surface area contributed by atoms with Gasteiger partial charge >= 0.3 is 0 Å². The molecule has 1 N–H and O–H groups in total. The second-order valence-electron chi connectivity index (χ2n) is 6.83. The summed E-state index contributed by atoms with van der Waals surface area (Å²) in [5.41, 5.74) is 5.55. The Balaban J connectivity index is 1.87. The van der Waals surface area contributed by atoms with Gasteiger partial charge in [-0.3, -0.25) is 9.97 Å². The van der Waals surface area contributed by atoms with E-state index in [0.29, 0.717) is 11.9 Å². The molecule has 0 aliphatic carbocycles. The summed E-state index contributed by atoms with van der Waals surface area (Å²) in [6, 6.07) is 16.0. The molecule has 4 heteroatoms. The summed E-state index contributed by atoms with van der Waals surface area (Å²) in [4.78, 5) is 13.4. The lowest BCUT2D eigenvalue weighted by molar-refractivity contribution is 0.469. The SMILES string of the molecule is Cc1cc2ccc(C(Cc3ccccn3)c3cccnc3)c(O)c2nc1C. The van der Waals surface area contributed by atoms with Gasteiger partial charge in [0.05, 0.1) is 0 Å². The van der Waals surface area contributed by atoms with Gasteiger partial charge in [-0.1, -0.05) is 24.3 Å². The molecule has 0 radical (unpaired) electrons. The first-order valence-electron chi connectivity index (χ1n) is 9.03. The summed E-state index contributed by atoms with van der Waals surface area (Å²) in [5, 5.41) is 12.0. The van der Waals surface area contributed by atoms with Crippen molar-refractivity contribution in [3.05, 3.63) is 95.2 Å². The molecule has 4 aromatic rings. The van der Waals surface area contributed by atoms with Crippen molar-refractivity contribution in [1.82, 2.24) is 15.0 Å². The van der Waals surface area contributed by atoms with E-state index in [1.165, 1.54) is 0 Å². The zero-order valence-corrected chi connectivity index (χ0v) is 15.4. The summed E-state index contributed by atoms with van der Waals surface area (Å²) in [7, 11) is 0. The lowest BCUT2D eigenvalue weighted by atomic mass is 9.86. The molecule has 0 saturated heterocycles. The largest absolute Gasteiger partial charge is 0.505 e. The molecule has 0 saturated carbocycles. The predicted molar refractivity (Wildman–Crippen MR) is 107 cm³/mol. The highest BCUT2D eigenvalue weighted by Crippen LogP contribution is 2.37. The third-order valence-corrected chi connectivity index (χ3v) is 5.04. The van der Waals surface area contributed by atoms with Crippen molar-refractivity contribution in [1.29, 1.82) is 0 Å². The molecular formula is C23H21N3O. The Hall–Kier alpha value is -3.27. The summed E-state index contributed by atoms with van der Waals surface area (Å²) < 4.78 is 0. The predicted octanol–water partition coefficient (Wildman–Crippen LogP) is 4.72. The Kier molecular flexibility index (Phi) is 4.55. The Morgan fingerprint density at radius 3 is 2.63 bits per heavy atom. The van der Waals surface area contributed by atoms with E-state index >= 15 is 0 Å². The Morgan fingerprint density at radius 1 is 1.00 bits per heavy atom. The van der Waals surface area contributed by atoms with E-state index in [4.69, 9.17) is 0 Å². The van der Waals surface area contributed by atoms with Gasteiger partial charge in [-0.25, -0.2) is 4.98 Å². The molecule has 3 aromatic heterocycles. The number of aryl methyl sites for hydroxylation is 2. The van der Waals surface area contributed by atoms with Crippen LogP contribution in [-0.4, -0.2) is 20.1 Å². The van der Waals surface area contributed by atoms with Crippen LogP contribution in [0.5, 0.6) is 5.75 Å². The Morgan fingerprint density at radius 2 is 1.89 bits per heavy atom. The smallest absolute Gasteiger partial charge is 0.145 e. The van der Waals surface area contributed by atoms with Crippen LogP contribution in [0.15, 0.2) is 67.1 Å². The summed E-state index contributed by atoms with van der Waals surface area (Å²) in [6.07, 6.45) is 6.08. The maximum Gasteiger partial charge on any atom is 0.145 e. The van der Waals surface area contributed by atoms with Crippen molar-refractivity contribution < 1.29 is 5.11 Å². The van der Waals surface area contributed by atoms with Crippen LogP contribution in [0.4, 0.5) is 0 Å². The van der Waals surface area contributed by atoms with Crippen molar-refractivity contribution in [2.24, 2.45) is 0 Å². The number of hydrogen-bond acceptors (Lipinski definition) is 4. The molecule has 0 aliphatic rings. The van der Waals surface area contributed by atoms with Crippen LogP contribution in [-0.2, 0) is 6.42 Å². The number of benzene rings is 1. The van der Waals surface area contributed by atoms with Crippen LogP contribution in [0.3, 0.4) is 0 Å². The van der Waals surface area contributed by atoms with Gasteiger partial charge in [-0.2, -0.15) is 0 Å². The van der Waals surface area contributed by atoms with Crippen LogP contribution in [0.1, 0.15) is 34.0 Å². The minimum absolute atomic E-state index is 0.0543. The normalized spacial score (nSPS) is 12.2. The third kappa shape index (κ3) is 3.38. The van der Waals surface area contributed by atoms with Gasteiger partial charge in [0, 0.05) is 53.3 Å². The number of aromatic nitrogens is 3. The van der Waals surface area contributed by atoms with Crippen molar-refractivity contribution in [2.75, 3.05) is 0 Å². The molecule has 4 rings (SSSR count). The number of phenols is 1. The fourth-order valence-electron chi connectivity index (χ4n) is 3.44. The molecule has 3 heterocycles. The molecule has 0 fully saturated rings. The third-order valence-electron chi connectivity index (χ3n) is 5.04. The highest BCUT2D eigenvalue weighted by molar-refractivity contribution is 5.86. The monoisotopic (exact) mass is 355 g/mol. The fourth-order valence-corrected chi connectivity index (χ4v) is 3.44. The number of pyridine rings is 3. The summed E-state index contributed by atoms with van der Waals surface area (Å²) in [5.74, 6) is 0.182. The van der Waals surface area contributed by atoms with E-state index in [-0.39, 0.29) is 11.7 Å². The second kappa shape index (κ2) is 7.16. The molecule has 27 heavy (non-hydrogen) atoms. The molecule has 1 atom stereocenters. The number of hydrogen-bond donors (Lipinski definition) is 1. The van der Waals surface area contributed by atoms with Gasteiger partial charge in [-0.05, 0) is 49.2 Å². The lowest BCUT2D eigenvalue weighted by Gasteiger charge is -2.20. The van der Waals surface area contributed by atoms with Gasteiger partial charge in [0.25, 0.3) is 0 Å². The molecule has 4 nitrogen and oxygen atoms in total. The average Bonchev–Trinajstić information content (AvgIpc) is 2.70. The summed E-state index contributed by atoms with van der Waals surface area (Å²) >= 11 is 0. The molecule has 0 amide bonds. The molecule has 0 bridgehead atoms. The number of fused-ring (bicyclic) bond motifs is 1. The first-order valence-corrected chi connectivity index (χ1v) is 9.03.